The maximum atomic E-state index is 10.9. The minimum absolute atomic E-state index is 0.0355. The van der Waals surface area contributed by atoms with E-state index < -0.39 is 5.97 Å². The van der Waals surface area contributed by atoms with Crippen LogP contribution in [0.25, 0.3) is 0 Å². The number of carbonyl (C=O) groups is 1. The number of hydrogen-bond acceptors (Lipinski definition) is 4. The molecule has 3 N–H and O–H groups in total. The largest absolute Gasteiger partial charge is 0.478 e. The number of nitrogens with zero attached hydrogens (tertiary/aromatic N) is 1. The summed E-state index contributed by atoms with van der Waals surface area (Å²) in [7, 11) is 0. The van der Waals surface area contributed by atoms with Gasteiger partial charge in [-0.05, 0) is 24.8 Å². The normalized spacial score (nSPS) is 12.2. The summed E-state index contributed by atoms with van der Waals surface area (Å²) in [6.45, 7) is 2.90. The smallest absolute Gasteiger partial charge is 0.337 e. The molecule has 106 valence electrons. The molecule has 19 heavy (non-hydrogen) atoms. The van der Waals surface area contributed by atoms with Crippen molar-refractivity contribution in [1.29, 1.82) is 0 Å². The van der Waals surface area contributed by atoms with E-state index in [-0.39, 0.29) is 17.2 Å². The van der Waals surface area contributed by atoms with Gasteiger partial charge in [0.1, 0.15) is 5.82 Å². The van der Waals surface area contributed by atoms with E-state index in [1.165, 1.54) is 12.3 Å². The Labute approximate surface area is 117 Å². The summed E-state index contributed by atoms with van der Waals surface area (Å²) >= 11 is 5.75. The summed E-state index contributed by atoms with van der Waals surface area (Å²) in [6.07, 6.45) is 4.10. The molecular formula is C13H19ClN2O3. The highest BCUT2D eigenvalue weighted by molar-refractivity contribution is 6.33. The van der Waals surface area contributed by atoms with E-state index in [0.29, 0.717) is 18.3 Å². The van der Waals surface area contributed by atoms with Crippen molar-refractivity contribution in [2.45, 2.75) is 26.2 Å². The van der Waals surface area contributed by atoms with Crippen molar-refractivity contribution in [3.63, 3.8) is 0 Å². The van der Waals surface area contributed by atoms with Gasteiger partial charge in [-0.1, -0.05) is 24.9 Å². The number of aromatic nitrogens is 1. The summed E-state index contributed by atoms with van der Waals surface area (Å²) in [5.41, 5.74) is 0.0355. The van der Waals surface area contributed by atoms with E-state index in [1.54, 1.807) is 0 Å². The van der Waals surface area contributed by atoms with Crippen molar-refractivity contribution >= 4 is 23.4 Å². The van der Waals surface area contributed by atoms with Gasteiger partial charge < -0.3 is 15.5 Å². The molecule has 0 saturated heterocycles. The molecular weight excluding hydrogens is 268 g/mol. The standard InChI is InChI=1S/C13H19ClN2O3/c1-2-3-9(4-5-17)7-15-12-6-10(13(18)19)11(14)8-16-12/h6,8-9,17H,2-5,7H2,1H3,(H,15,16)(H,18,19). The predicted molar refractivity (Wildman–Crippen MR) is 74.8 cm³/mol. The molecule has 0 aliphatic carbocycles. The molecule has 1 atom stereocenters. The molecule has 1 rings (SSSR count). The number of aromatic carboxylic acids is 1. The molecule has 5 nitrogen and oxygen atoms in total. The van der Waals surface area contributed by atoms with Gasteiger partial charge in [0.05, 0.1) is 10.6 Å². The zero-order valence-corrected chi connectivity index (χ0v) is 11.7. The lowest BCUT2D eigenvalue weighted by Gasteiger charge is -2.16. The van der Waals surface area contributed by atoms with Crippen LogP contribution >= 0.6 is 11.6 Å². The third kappa shape index (κ3) is 5.04. The number of aliphatic hydroxyl groups is 1. The molecule has 0 fully saturated rings. The number of carboxylic acid groups (broad SMARTS) is 1. The third-order valence-electron chi connectivity index (χ3n) is 2.89. The van der Waals surface area contributed by atoms with E-state index in [9.17, 15) is 4.79 Å². The van der Waals surface area contributed by atoms with Gasteiger partial charge in [-0.2, -0.15) is 0 Å². The van der Waals surface area contributed by atoms with Gasteiger partial charge in [-0.3, -0.25) is 0 Å². The van der Waals surface area contributed by atoms with Gasteiger partial charge >= 0.3 is 5.97 Å². The van der Waals surface area contributed by atoms with Crippen LogP contribution < -0.4 is 5.32 Å². The summed E-state index contributed by atoms with van der Waals surface area (Å²) in [4.78, 5) is 15.0. The minimum Gasteiger partial charge on any atom is -0.478 e. The van der Waals surface area contributed by atoms with Gasteiger partial charge in [0, 0.05) is 19.3 Å². The third-order valence-corrected chi connectivity index (χ3v) is 3.19. The minimum atomic E-state index is -1.07. The molecule has 1 aromatic rings. The average Bonchev–Trinajstić information content (AvgIpc) is 2.37. The Bertz CT molecular complexity index is 420. The van der Waals surface area contributed by atoms with E-state index >= 15 is 0 Å². The van der Waals surface area contributed by atoms with Crippen LogP contribution in [0.5, 0.6) is 0 Å². The van der Waals surface area contributed by atoms with E-state index in [4.69, 9.17) is 21.8 Å². The molecule has 0 amide bonds. The zero-order chi connectivity index (χ0) is 14.3. The molecule has 6 heteroatoms. The zero-order valence-electron chi connectivity index (χ0n) is 10.9. The lowest BCUT2D eigenvalue weighted by molar-refractivity contribution is 0.0697. The Hall–Kier alpha value is -1.33. The van der Waals surface area contributed by atoms with Crippen LogP contribution in [0, 0.1) is 5.92 Å². The second-order valence-corrected chi connectivity index (χ2v) is 4.81. The lowest BCUT2D eigenvalue weighted by atomic mass is 10.0. The number of carboxylic acids is 1. The first-order valence-electron chi connectivity index (χ1n) is 6.32. The number of nitrogens with one attached hydrogen (secondary N) is 1. The van der Waals surface area contributed by atoms with Crippen molar-refractivity contribution in [2.24, 2.45) is 5.92 Å². The fourth-order valence-corrected chi connectivity index (χ4v) is 2.07. The van der Waals surface area contributed by atoms with Crippen LogP contribution in [-0.4, -0.2) is 34.3 Å². The Kier molecular flexibility index (Phi) is 6.59. The molecule has 0 saturated carbocycles. The van der Waals surface area contributed by atoms with Crippen LogP contribution in [0.1, 0.15) is 36.5 Å². The fourth-order valence-electron chi connectivity index (χ4n) is 1.89. The molecule has 0 spiro atoms. The first kappa shape index (κ1) is 15.7. The maximum Gasteiger partial charge on any atom is 0.337 e. The molecule has 0 aliphatic rings. The molecule has 0 aliphatic heterocycles. The molecule has 0 aromatic carbocycles. The number of aliphatic hydroxyl groups excluding tert-OH is 1. The van der Waals surface area contributed by atoms with Gasteiger partial charge in [-0.25, -0.2) is 9.78 Å². The van der Waals surface area contributed by atoms with Crippen molar-refractivity contribution in [3.8, 4) is 0 Å². The monoisotopic (exact) mass is 286 g/mol. The molecule has 0 bridgehead atoms. The van der Waals surface area contributed by atoms with Crippen molar-refractivity contribution < 1.29 is 15.0 Å². The maximum absolute atomic E-state index is 10.9. The second-order valence-electron chi connectivity index (χ2n) is 4.40. The van der Waals surface area contributed by atoms with E-state index in [1.807, 2.05) is 0 Å². The fraction of sp³-hybridized carbons (Fsp3) is 0.538. The van der Waals surface area contributed by atoms with E-state index in [0.717, 1.165) is 19.3 Å². The van der Waals surface area contributed by atoms with E-state index in [2.05, 4.69) is 17.2 Å². The highest BCUT2D eigenvalue weighted by Crippen LogP contribution is 2.19. The van der Waals surface area contributed by atoms with Gasteiger partial charge in [0.15, 0.2) is 0 Å². The van der Waals surface area contributed by atoms with Crippen molar-refractivity contribution in [2.75, 3.05) is 18.5 Å². The van der Waals surface area contributed by atoms with Gasteiger partial charge in [0.25, 0.3) is 0 Å². The number of anilines is 1. The SMILES string of the molecule is CCCC(CCO)CNc1cc(C(=O)O)c(Cl)cn1. The first-order chi connectivity index (χ1) is 9.08. The summed E-state index contributed by atoms with van der Waals surface area (Å²) in [5.74, 6) is -0.238. The number of halogens is 1. The Morgan fingerprint density at radius 1 is 1.53 bits per heavy atom. The number of pyridine rings is 1. The topological polar surface area (TPSA) is 82.5 Å². The van der Waals surface area contributed by atoms with Crippen LogP contribution in [0.2, 0.25) is 5.02 Å². The highest BCUT2D eigenvalue weighted by atomic mass is 35.5. The number of rotatable bonds is 8. The average molecular weight is 287 g/mol. The molecule has 1 aromatic heterocycles. The Morgan fingerprint density at radius 3 is 2.84 bits per heavy atom. The van der Waals surface area contributed by atoms with Crippen molar-refractivity contribution in [3.05, 3.63) is 22.8 Å². The lowest BCUT2D eigenvalue weighted by Crippen LogP contribution is -2.16. The van der Waals surface area contributed by atoms with Crippen LogP contribution in [-0.2, 0) is 0 Å². The molecule has 0 radical (unpaired) electrons. The molecule has 1 heterocycles. The summed E-state index contributed by atoms with van der Waals surface area (Å²) < 4.78 is 0. The van der Waals surface area contributed by atoms with Gasteiger partial charge in [-0.15, -0.1) is 0 Å². The van der Waals surface area contributed by atoms with Gasteiger partial charge in [0.2, 0.25) is 0 Å². The Balaban J connectivity index is 2.66. The Morgan fingerprint density at radius 2 is 2.26 bits per heavy atom. The quantitative estimate of drug-likeness (QED) is 0.684. The summed E-state index contributed by atoms with van der Waals surface area (Å²) in [5, 5.41) is 21.2. The molecule has 1 unspecified atom stereocenters. The highest BCUT2D eigenvalue weighted by Gasteiger charge is 2.12. The number of hydrogen-bond donors (Lipinski definition) is 3. The second kappa shape index (κ2) is 7.96. The first-order valence-corrected chi connectivity index (χ1v) is 6.69. The van der Waals surface area contributed by atoms with Crippen LogP contribution in [0.4, 0.5) is 5.82 Å². The van der Waals surface area contributed by atoms with Crippen LogP contribution in [0.15, 0.2) is 12.3 Å². The summed E-state index contributed by atoms with van der Waals surface area (Å²) in [6, 6.07) is 1.42. The van der Waals surface area contributed by atoms with Crippen molar-refractivity contribution in [1.82, 2.24) is 4.98 Å². The predicted octanol–water partition coefficient (Wildman–Crippen LogP) is 2.64. The van der Waals surface area contributed by atoms with Crippen LogP contribution in [0.3, 0.4) is 0 Å².